The molecule has 0 saturated carbocycles. The Bertz CT molecular complexity index is 855. The van der Waals surface area contributed by atoms with Crippen molar-refractivity contribution in [3.8, 4) is 5.88 Å². The van der Waals surface area contributed by atoms with Gasteiger partial charge in [0.15, 0.2) is 5.88 Å². The van der Waals surface area contributed by atoms with Gasteiger partial charge in [-0.15, -0.1) is 0 Å². The highest BCUT2D eigenvalue weighted by atomic mass is 35.5. The molecule has 0 aliphatic carbocycles. The normalized spacial score (nSPS) is 11.6. The van der Waals surface area contributed by atoms with Crippen LogP contribution in [0.15, 0.2) is 41.4 Å². The monoisotopic (exact) mass is 338 g/mol. The van der Waals surface area contributed by atoms with Gasteiger partial charge in [0, 0.05) is 22.1 Å². The second kappa shape index (κ2) is 5.60. The number of aromatic nitrogens is 1. The Morgan fingerprint density at radius 2 is 1.81 bits per heavy atom. The maximum absolute atomic E-state index is 9.96. The Hall–Kier alpha value is -1.68. The molecule has 6 heteroatoms. The molecule has 3 aromatic rings. The van der Waals surface area contributed by atoms with Crippen LogP contribution < -0.4 is 0 Å². The molecule has 0 aliphatic rings. The summed E-state index contributed by atoms with van der Waals surface area (Å²) in [5.41, 5.74) is 1.99. The Labute approximate surface area is 135 Å². The molecule has 0 amide bonds. The first-order valence-electron chi connectivity index (χ1n) is 6.04. The van der Waals surface area contributed by atoms with Gasteiger partial charge in [-0.1, -0.05) is 34.8 Å². The molecule has 0 aliphatic heterocycles. The fourth-order valence-corrected chi connectivity index (χ4v) is 2.47. The van der Waals surface area contributed by atoms with Gasteiger partial charge in [-0.2, -0.15) is 0 Å². The first kappa shape index (κ1) is 14.3. The second-order valence-corrected chi connectivity index (χ2v) is 5.68. The van der Waals surface area contributed by atoms with E-state index in [0.717, 1.165) is 10.9 Å². The minimum atomic E-state index is 0.0380. The topological polar surface area (TPSA) is 48.4 Å². The standard InChI is InChI=1S/C15H9Cl3N2O/c16-8-1-4-14-10(5-8)11(15(21)20-14)7-19-9-2-3-12(17)13(18)6-9/h1-7,20-21H. The molecule has 3 rings (SSSR count). The number of H-pyrrole nitrogens is 1. The molecule has 2 aromatic carbocycles. The lowest BCUT2D eigenvalue weighted by molar-refractivity contribution is 0.457. The molecule has 0 saturated heterocycles. The van der Waals surface area contributed by atoms with E-state index in [1.807, 2.05) is 0 Å². The lowest BCUT2D eigenvalue weighted by Gasteiger charge is -1.98. The minimum Gasteiger partial charge on any atom is -0.494 e. The summed E-state index contributed by atoms with van der Waals surface area (Å²) in [5.74, 6) is 0.0380. The van der Waals surface area contributed by atoms with Crippen molar-refractivity contribution in [3.63, 3.8) is 0 Å². The number of nitrogens with zero attached hydrogens (tertiary/aromatic N) is 1. The van der Waals surface area contributed by atoms with Gasteiger partial charge < -0.3 is 10.1 Å². The van der Waals surface area contributed by atoms with Crippen molar-refractivity contribution >= 4 is 57.6 Å². The number of nitrogens with one attached hydrogen (secondary N) is 1. The number of rotatable bonds is 2. The number of benzene rings is 2. The van der Waals surface area contributed by atoms with E-state index in [1.54, 1.807) is 42.6 Å². The van der Waals surface area contributed by atoms with Crippen LogP contribution in [0.25, 0.3) is 10.9 Å². The molecule has 0 spiro atoms. The summed E-state index contributed by atoms with van der Waals surface area (Å²) in [5, 5.41) is 12.2. The molecular formula is C15H9Cl3N2O. The third-order valence-corrected chi connectivity index (χ3v) is 4.00. The van der Waals surface area contributed by atoms with Crippen LogP contribution in [0.1, 0.15) is 5.56 Å². The molecular weight excluding hydrogens is 331 g/mol. The maximum Gasteiger partial charge on any atom is 0.198 e. The maximum atomic E-state index is 9.96. The van der Waals surface area contributed by atoms with E-state index in [0.29, 0.717) is 26.3 Å². The highest BCUT2D eigenvalue weighted by molar-refractivity contribution is 6.42. The third kappa shape index (κ3) is 2.86. The summed E-state index contributed by atoms with van der Waals surface area (Å²) in [7, 11) is 0. The number of hydrogen-bond acceptors (Lipinski definition) is 2. The van der Waals surface area contributed by atoms with E-state index < -0.39 is 0 Å². The van der Waals surface area contributed by atoms with Crippen LogP contribution in [-0.2, 0) is 0 Å². The van der Waals surface area contributed by atoms with Crippen molar-refractivity contribution in [1.82, 2.24) is 4.98 Å². The van der Waals surface area contributed by atoms with E-state index >= 15 is 0 Å². The van der Waals surface area contributed by atoms with E-state index in [2.05, 4.69) is 9.98 Å². The van der Waals surface area contributed by atoms with Gasteiger partial charge >= 0.3 is 0 Å². The third-order valence-electron chi connectivity index (χ3n) is 3.03. The number of hydrogen-bond donors (Lipinski definition) is 2. The van der Waals surface area contributed by atoms with Gasteiger partial charge in [0.1, 0.15) is 0 Å². The van der Waals surface area contributed by atoms with E-state index in [1.165, 1.54) is 0 Å². The van der Waals surface area contributed by atoms with Crippen LogP contribution in [0.2, 0.25) is 15.1 Å². The largest absolute Gasteiger partial charge is 0.494 e. The van der Waals surface area contributed by atoms with E-state index in [9.17, 15) is 5.11 Å². The van der Waals surface area contributed by atoms with Crippen LogP contribution in [0.3, 0.4) is 0 Å². The van der Waals surface area contributed by atoms with Crippen LogP contribution >= 0.6 is 34.8 Å². The van der Waals surface area contributed by atoms with Gasteiger partial charge in [0.2, 0.25) is 0 Å². The second-order valence-electron chi connectivity index (χ2n) is 4.43. The van der Waals surface area contributed by atoms with Gasteiger partial charge in [-0.05, 0) is 36.4 Å². The zero-order chi connectivity index (χ0) is 15.0. The Balaban J connectivity index is 2.04. The highest BCUT2D eigenvalue weighted by Gasteiger charge is 2.09. The fraction of sp³-hybridized carbons (Fsp3) is 0. The molecule has 2 N–H and O–H groups in total. The molecule has 1 aromatic heterocycles. The van der Waals surface area contributed by atoms with Gasteiger partial charge in [0.05, 0.1) is 21.3 Å². The SMILES string of the molecule is Oc1[nH]c2ccc(Cl)cc2c1C=Nc1ccc(Cl)c(Cl)c1. The number of aliphatic imine (C=N–C) groups is 1. The average Bonchev–Trinajstić information content (AvgIpc) is 2.75. The molecule has 1 heterocycles. The van der Waals surface area contributed by atoms with Crippen molar-refractivity contribution in [2.24, 2.45) is 4.99 Å². The molecule has 0 radical (unpaired) electrons. The quantitative estimate of drug-likeness (QED) is 0.588. The lowest BCUT2D eigenvalue weighted by atomic mass is 10.2. The molecule has 0 unspecified atom stereocenters. The number of halogens is 3. The van der Waals surface area contributed by atoms with Gasteiger partial charge in [0.25, 0.3) is 0 Å². The summed E-state index contributed by atoms with van der Waals surface area (Å²) < 4.78 is 0. The smallest absolute Gasteiger partial charge is 0.198 e. The molecule has 0 bridgehead atoms. The Kier molecular flexibility index (Phi) is 3.81. The lowest BCUT2D eigenvalue weighted by Crippen LogP contribution is -1.79. The summed E-state index contributed by atoms with van der Waals surface area (Å²) in [6, 6.07) is 10.4. The molecule has 21 heavy (non-hydrogen) atoms. The van der Waals surface area contributed by atoms with Crippen molar-refractivity contribution < 1.29 is 5.11 Å². The highest BCUT2D eigenvalue weighted by Crippen LogP contribution is 2.30. The first-order valence-corrected chi connectivity index (χ1v) is 7.17. The van der Waals surface area contributed by atoms with Crippen molar-refractivity contribution in [3.05, 3.63) is 57.0 Å². The van der Waals surface area contributed by atoms with Crippen molar-refractivity contribution in [2.75, 3.05) is 0 Å². The number of fused-ring (bicyclic) bond motifs is 1. The number of aromatic hydroxyl groups is 1. The summed E-state index contributed by atoms with van der Waals surface area (Å²) >= 11 is 17.8. The average molecular weight is 340 g/mol. The van der Waals surface area contributed by atoms with Gasteiger partial charge in [-0.25, -0.2) is 0 Å². The first-order chi connectivity index (χ1) is 10.0. The predicted molar refractivity (Wildman–Crippen MR) is 88.7 cm³/mol. The van der Waals surface area contributed by atoms with Crippen molar-refractivity contribution in [2.45, 2.75) is 0 Å². The Morgan fingerprint density at radius 3 is 2.57 bits per heavy atom. The predicted octanol–water partition coefficient (Wildman–Crippen LogP) is 5.58. The number of aromatic amines is 1. The molecule has 0 atom stereocenters. The zero-order valence-electron chi connectivity index (χ0n) is 10.6. The van der Waals surface area contributed by atoms with Crippen LogP contribution in [-0.4, -0.2) is 16.3 Å². The fourth-order valence-electron chi connectivity index (χ4n) is 2.01. The van der Waals surface area contributed by atoms with Crippen LogP contribution in [0.4, 0.5) is 5.69 Å². The van der Waals surface area contributed by atoms with E-state index in [-0.39, 0.29) is 5.88 Å². The Morgan fingerprint density at radius 1 is 1.00 bits per heavy atom. The van der Waals surface area contributed by atoms with Crippen LogP contribution in [0.5, 0.6) is 5.88 Å². The summed E-state index contributed by atoms with van der Waals surface area (Å²) in [6.45, 7) is 0. The molecule has 3 nitrogen and oxygen atoms in total. The summed E-state index contributed by atoms with van der Waals surface area (Å²) in [4.78, 5) is 7.17. The molecule has 106 valence electrons. The minimum absolute atomic E-state index is 0.0380. The zero-order valence-corrected chi connectivity index (χ0v) is 12.8. The summed E-state index contributed by atoms with van der Waals surface area (Å²) in [6.07, 6.45) is 1.56. The van der Waals surface area contributed by atoms with Gasteiger partial charge in [-0.3, -0.25) is 4.99 Å². The van der Waals surface area contributed by atoms with E-state index in [4.69, 9.17) is 34.8 Å². The molecule has 0 fully saturated rings. The van der Waals surface area contributed by atoms with Crippen molar-refractivity contribution in [1.29, 1.82) is 0 Å². The van der Waals surface area contributed by atoms with Crippen LogP contribution in [0, 0.1) is 0 Å².